The molecule has 15 heavy (non-hydrogen) atoms. The molecule has 7 nitrogen and oxygen atoms in total. The largest absolute Gasteiger partial charge is 0.391 e. The van der Waals surface area contributed by atoms with Gasteiger partial charge in [0.2, 0.25) is 5.79 Å². The Kier molecular flexibility index (Phi) is 4.01. The van der Waals surface area contributed by atoms with Crippen LogP contribution in [0.3, 0.4) is 0 Å². The predicted octanol–water partition coefficient (Wildman–Crippen LogP) is -2.59. The molecule has 0 aromatic heterocycles. The van der Waals surface area contributed by atoms with E-state index in [9.17, 15) is 15.3 Å². The lowest BCUT2D eigenvalue weighted by molar-refractivity contribution is -0.396. The van der Waals surface area contributed by atoms with Gasteiger partial charge in [0.05, 0.1) is 6.61 Å². The molecule has 7 heteroatoms. The van der Waals surface area contributed by atoms with Crippen LogP contribution in [0.15, 0.2) is 0 Å². The molecule has 0 aliphatic carbocycles. The van der Waals surface area contributed by atoms with Gasteiger partial charge in [0.15, 0.2) is 6.29 Å². The van der Waals surface area contributed by atoms with Gasteiger partial charge in [-0.05, 0) is 0 Å². The quantitative estimate of drug-likeness (QED) is 0.416. The summed E-state index contributed by atoms with van der Waals surface area (Å²) in [6.07, 6.45) is -5.08. The van der Waals surface area contributed by atoms with Crippen molar-refractivity contribution in [3.63, 3.8) is 0 Å². The van der Waals surface area contributed by atoms with Crippen molar-refractivity contribution in [3.05, 3.63) is 0 Å². The van der Waals surface area contributed by atoms with Crippen molar-refractivity contribution in [1.29, 1.82) is 0 Å². The van der Waals surface area contributed by atoms with E-state index >= 15 is 0 Å². The van der Waals surface area contributed by atoms with E-state index < -0.39 is 37.0 Å². The van der Waals surface area contributed by atoms with E-state index in [1.54, 1.807) is 0 Å². The number of rotatable bonds is 3. The minimum absolute atomic E-state index is 0.860. The minimum atomic E-state index is -2.24. The number of hydrogen-bond donors (Lipinski definition) is 4. The maximum absolute atomic E-state index is 9.62. The molecule has 1 rings (SSSR count). The molecule has 1 fully saturated rings. The molecule has 1 saturated heterocycles. The van der Waals surface area contributed by atoms with Gasteiger partial charge in [-0.25, -0.2) is 0 Å². The molecular formula is C8H16O7. The minimum Gasteiger partial charge on any atom is -0.391 e. The van der Waals surface area contributed by atoms with Crippen LogP contribution in [-0.4, -0.2) is 71.6 Å². The van der Waals surface area contributed by atoms with Crippen LogP contribution < -0.4 is 0 Å². The maximum Gasteiger partial charge on any atom is 0.221 e. The predicted molar refractivity (Wildman–Crippen MR) is 46.7 cm³/mol. The van der Waals surface area contributed by atoms with Crippen molar-refractivity contribution in [2.24, 2.45) is 0 Å². The molecule has 4 N–H and O–H groups in total. The fourth-order valence-electron chi connectivity index (χ4n) is 1.51. The first-order chi connectivity index (χ1) is 7.00. The zero-order valence-corrected chi connectivity index (χ0v) is 8.53. The van der Waals surface area contributed by atoms with Gasteiger partial charge < -0.3 is 34.6 Å². The molecule has 0 amide bonds. The van der Waals surface area contributed by atoms with Gasteiger partial charge in [0.25, 0.3) is 0 Å². The second-order valence-electron chi connectivity index (χ2n) is 3.36. The molecule has 1 aliphatic heterocycles. The van der Waals surface area contributed by atoms with E-state index in [0.29, 0.717) is 0 Å². The average molecular weight is 224 g/mol. The highest BCUT2D eigenvalue weighted by molar-refractivity contribution is 4.93. The van der Waals surface area contributed by atoms with Crippen molar-refractivity contribution in [1.82, 2.24) is 0 Å². The molecule has 1 aliphatic rings. The zero-order chi connectivity index (χ0) is 11.6. The summed E-state index contributed by atoms with van der Waals surface area (Å²) in [5.41, 5.74) is 0. The third kappa shape index (κ3) is 2.13. The SMILES string of the molecule is COC1OC(O)(CO)[C@H](O)[C@H](O)[C@H]1OC. The van der Waals surface area contributed by atoms with Gasteiger partial charge in [-0.2, -0.15) is 0 Å². The highest BCUT2D eigenvalue weighted by Gasteiger charge is 2.53. The standard InChI is InChI=1S/C8H16O7/c1-13-5-4(10)6(11)8(12,3-9)15-7(5)14-2/h4-7,9-12H,3H2,1-2H3/t4-,5-,6-,7?,8?/m1/s1. The number of methoxy groups -OCH3 is 2. The summed E-state index contributed by atoms with van der Waals surface area (Å²) in [6, 6.07) is 0. The van der Waals surface area contributed by atoms with E-state index in [2.05, 4.69) is 0 Å². The van der Waals surface area contributed by atoms with Crippen LogP contribution in [0.25, 0.3) is 0 Å². The van der Waals surface area contributed by atoms with Crippen molar-refractivity contribution in [3.8, 4) is 0 Å². The summed E-state index contributed by atoms with van der Waals surface area (Å²) in [6.45, 7) is -0.860. The van der Waals surface area contributed by atoms with Gasteiger partial charge in [-0.15, -0.1) is 0 Å². The second-order valence-corrected chi connectivity index (χ2v) is 3.36. The lowest BCUT2D eigenvalue weighted by atomic mass is 9.96. The number of aliphatic hydroxyl groups is 4. The number of ether oxygens (including phenoxy) is 3. The Labute approximate surface area is 86.8 Å². The lowest BCUT2D eigenvalue weighted by Gasteiger charge is -2.45. The first-order valence-corrected chi connectivity index (χ1v) is 4.43. The Morgan fingerprint density at radius 2 is 1.87 bits per heavy atom. The van der Waals surface area contributed by atoms with Crippen LogP contribution in [0.5, 0.6) is 0 Å². The van der Waals surface area contributed by atoms with Crippen LogP contribution in [0.4, 0.5) is 0 Å². The summed E-state index contributed by atoms with van der Waals surface area (Å²) in [5, 5.41) is 37.6. The zero-order valence-electron chi connectivity index (χ0n) is 8.53. The molecule has 0 bridgehead atoms. The molecule has 0 saturated carbocycles. The molecule has 0 aromatic rings. The molecular weight excluding hydrogens is 208 g/mol. The Bertz CT molecular complexity index is 207. The van der Waals surface area contributed by atoms with Crippen LogP contribution >= 0.6 is 0 Å². The highest BCUT2D eigenvalue weighted by atomic mass is 16.8. The number of aliphatic hydroxyl groups excluding tert-OH is 3. The van der Waals surface area contributed by atoms with Gasteiger partial charge in [-0.3, -0.25) is 0 Å². The first kappa shape index (κ1) is 12.8. The molecule has 1 heterocycles. The van der Waals surface area contributed by atoms with E-state index in [1.165, 1.54) is 14.2 Å². The monoisotopic (exact) mass is 224 g/mol. The Hall–Kier alpha value is -0.280. The van der Waals surface area contributed by atoms with Gasteiger partial charge >= 0.3 is 0 Å². The lowest BCUT2D eigenvalue weighted by Crippen LogP contribution is -2.66. The first-order valence-electron chi connectivity index (χ1n) is 4.43. The summed E-state index contributed by atoms with van der Waals surface area (Å²) in [5.74, 6) is -2.24. The highest BCUT2D eigenvalue weighted by Crippen LogP contribution is 2.29. The molecule has 5 atom stereocenters. The molecule has 2 unspecified atom stereocenters. The van der Waals surface area contributed by atoms with E-state index in [0.717, 1.165) is 0 Å². The molecule has 90 valence electrons. The summed E-state index contributed by atoms with van der Waals surface area (Å²) >= 11 is 0. The Balaban J connectivity index is 2.87. The maximum atomic E-state index is 9.62. The number of hydrogen-bond acceptors (Lipinski definition) is 7. The molecule has 0 radical (unpaired) electrons. The van der Waals surface area contributed by atoms with Gasteiger partial charge in [0, 0.05) is 14.2 Å². The van der Waals surface area contributed by atoms with Crippen molar-refractivity contribution < 1.29 is 34.6 Å². The molecule has 0 spiro atoms. The van der Waals surface area contributed by atoms with Crippen LogP contribution in [0.1, 0.15) is 0 Å². The van der Waals surface area contributed by atoms with E-state index in [-0.39, 0.29) is 0 Å². The van der Waals surface area contributed by atoms with E-state index in [1.807, 2.05) is 0 Å². The average Bonchev–Trinajstić information content (AvgIpc) is 2.25. The van der Waals surface area contributed by atoms with Crippen LogP contribution in [0, 0.1) is 0 Å². The van der Waals surface area contributed by atoms with Crippen LogP contribution in [-0.2, 0) is 14.2 Å². The summed E-state index contributed by atoms with van der Waals surface area (Å²) in [4.78, 5) is 0. The summed E-state index contributed by atoms with van der Waals surface area (Å²) in [7, 11) is 2.60. The summed E-state index contributed by atoms with van der Waals surface area (Å²) < 4.78 is 14.6. The third-order valence-corrected chi connectivity index (χ3v) is 2.44. The van der Waals surface area contributed by atoms with Gasteiger partial charge in [-0.1, -0.05) is 0 Å². The Morgan fingerprint density at radius 3 is 2.27 bits per heavy atom. The van der Waals surface area contributed by atoms with E-state index in [4.69, 9.17) is 19.3 Å². The van der Waals surface area contributed by atoms with Gasteiger partial charge in [0.1, 0.15) is 18.3 Å². The Morgan fingerprint density at radius 1 is 1.27 bits per heavy atom. The fraction of sp³-hybridized carbons (Fsp3) is 1.00. The normalized spacial score (nSPS) is 46.8. The second kappa shape index (κ2) is 4.71. The van der Waals surface area contributed by atoms with Crippen molar-refractivity contribution >= 4 is 0 Å². The molecule has 0 aromatic carbocycles. The fourth-order valence-corrected chi connectivity index (χ4v) is 1.51. The topological polar surface area (TPSA) is 109 Å². The van der Waals surface area contributed by atoms with Crippen LogP contribution in [0.2, 0.25) is 0 Å². The third-order valence-electron chi connectivity index (χ3n) is 2.44. The van der Waals surface area contributed by atoms with Crippen molar-refractivity contribution in [2.75, 3.05) is 20.8 Å². The smallest absolute Gasteiger partial charge is 0.221 e. The van der Waals surface area contributed by atoms with Crippen molar-refractivity contribution in [2.45, 2.75) is 30.4 Å².